The van der Waals surface area contributed by atoms with Gasteiger partial charge < -0.3 is 55.2 Å². The zero-order valence-electron chi connectivity index (χ0n) is 46.6. The molecule has 0 radical (unpaired) electrons. The first kappa shape index (κ1) is 62.2. The molecule has 3 amide bonds. The first-order chi connectivity index (χ1) is 36.3. The van der Waals surface area contributed by atoms with E-state index in [4.69, 9.17) is 39.3 Å². The van der Waals surface area contributed by atoms with Gasteiger partial charge in [-0.25, -0.2) is 19.2 Å². The Bertz CT molecular complexity index is 2520. The molecule has 4 atom stereocenters. The normalized spacial score (nSPS) is 16.8. The lowest BCUT2D eigenvalue weighted by atomic mass is 10.0. The van der Waals surface area contributed by atoms with Crippen LogP contribution in [0.5, 0.6) is 11.5 Å². The van der Waals surface area contributed by atoms with E-state index >= 15 is 0 Å². The zero-order valence-corrected chi connectivity index (χ0v) is 46.6. The Kier molecular flexibility index (Phi) is 24.6. The summed E-state index contributed by atoms with van der Waals surface area (Å²) in [5, 5.41) is 17.3. The van der Waals surface area contributed by atoms with Gasteiger partial charge in [-0.1, -0.05) is 101 Å². The smallest absolute Gasteiger partial charge is 0.407 e. The Balaban J connectivity index is 0.000000277. The minimum atomic E-state index is -0.849. The molecule has 2 fully saturated rings. The molecule has 2 saturated carbocycles. The third kappa shape index (κ3) is 24.1. The van der Waals surface area contributed by atoms with Crippen molar-refractivity contribution in [1.82, 2.24) is 10.6 Å². The summed E-state index contributed by atoms with van der Waals surface area (Å²) in [5.74, 6) is -0.795. The van der Waals surface area contributed by atoms with Crippen LogP contribution >= 0.6 is 0 Å². The Morgan fingerprint density at radius 2 is 1.01 bits per heavy atom. The molecule has 0 aliphatic heterocycles. The van der Waals surface area contributed by atoms with Crippen molar-refractivity contribution < 1.29 is 62.3 Å². The van der Waals surface area contributed by atoms with Gasteiger partial charge in [0.2, 0.25) is 5.91 Å². The molecule has 4 aromatic carbocycles. The number of nitrogen functional groups attached to an aromatic ring is 1. The number of nitrogens with one attached hydrogen (secondary N) is 3. The number of aliphatic carboxylic acids is 1. The van der Waals surface area contributed by atoms with E-state index in [0.29, 0.717) is 79.2 Å². The van der Waals surface area contributed by atoms with E-state index in [1.807, 2.05) is 60.7 Å². The first-order valence-electron chi connectivity index (χ1n) is 26.6. The predicted molar refractivity (Wildman–Crippen MR) is 296 cm³/mol. The number of hydrogen-bond acceptors (Lipinski definition) is 13. The fraction of sp³-hybridized carbons (Fsp3) is 0.500. The van der Waals surface area contributed by atoms with E-state index in [1.54, 1.807) is 77.9 Å². The number of carbonyl (C=O) groups excluding carboxylic acids is 5. The van der Waals surface area contributed by atoms with Crippen molar-refractivity contribution in [3.05, 3.63) is 119 Å². The molecule has 17 nitrogen and oxygen atoms in total. The van der Waals surface area contributed by atoms with Crippen molar-refractivity contribution in [2.45, 2.75) is 157 Å². The Labute approximate surface area is 454 Å². The van der Waals surface area contributed by atoms with Crippen LogP contribution in [-0.4, -0.2) is 77.6 Å². The number of rotatable bonds is 19. The highest BCUT2D eigenvalue weighted by atomic mass is 16.6. The molecule has 0 heterocycles. The Morgan fingerprint density at radius 1 is 0.584 bits per heavy atom. The third-order valence-corrected chi connectivity index (χ3v) is 12.0. The first-order valence-corrected chi connectivity index (χ1v) is 26.6. The van der Waals surface area contributed by atoms with Crippen LogP contribution in [0.25, 0.3) is 0 Å². The summed E-state index contributed by atoms with van der Waals surface area (Å²) in [7, 11) is 0. The van der Waals surface area contributed by atoms with Gasteiger partial charge in [0.1, 0.15) is 35.9 Å². The molecule has 0 bridgehead atoms. The summed E-state index contributed by atoms with van der Waals surface area (Å²) in [5.41, 5.74) is 8.10. The molecule has 2 aliphatic carbocycles. The highest BCUT2D eigenvalue weighted by Gasteiger charge is 2.36. The second-order valence-corrected chi connectivity index (χ2v) is 22.1. The van der Waals surface area contributed by atoms with Gasteiger partial charge in [0.05, 0.1) is 36.2 Å². The minimum Gasteiger partial charge on any atom is -0.493 e. The van der Waals surface area contributed by atoms with Gasteiger partial charge in [-0.05, 0) is 127 Å². The summed E-state index contributed by atoms with van der Waals surface area (Å²) in [6, 6.07) is 28.3. The molecular weight excluding hydrogens is 985 g/mol. The van der Waals surface area contributed by atoms with E-state index in [0.717, 1.165) is 36.8 Å². The molecule has 2 aliphatic rings. The molecule has 0 aromatic heterocycles. The van der Waals surface area contributed by atoms with Gasteiger partial charge in [0.25, 0.3) is 0 Å². The van der Waals surface area contributed by atoms with Crippen LogP contribution in [0.1, 0.15) is 152 Å². The number of nitrogens with two attached hydrogens (primary N) is 1. The van der Waals surface area contributed by atoms with Crippen LogP contribution < -0.4 is 31.2 Å². The van der Waals surface area contributed by atoms with E-state index in [1.165, 1.54) is 0 Å². The van der Waals surface area contributed by atoms with Crippen LogP contribution in [0.3, 0.4) is 0 Å². The van der Waals surface area contributed by atoms with Gasteiger partial charge >= 0.3 is 30.1 Å². The van der Waals surface area contributed by atoms with Crippen molar-refractivity contribution >= 4 is 47.4 Å². The Hall–Kier alpha value is -7.30. The molecule has 17 heteroatoms. The van der Waals surface area contributed by atoms with Gasteiger partial charge in [0.15, 0.2) is 0 Å². The molecule has 4 unspecified atom stereocenters. The summed E-state index contributed by atoms with van der Waals surface area (Å²) in [4.78, 5) is 72.9. The molecule has 420 valence electrons. The molecule has 6 rings (SSSR count). The number of carbonyl (C=O) groups is 6. The highest BCUT2D eigenvalue weighted by Crippen LogP contribution is 2.30. The maximum absolute atomic E-state index is 13.2. The predicted octanol–water partition coefficient (Wildman–Crippen LogP) is 11.9. The molecule has 0 spiro atoms. The minimum absolute atomic E-state index is 0.139. The van der Waals surface area contributed by atoms with E-state index in [9.17, 15) is 28.8 Å². The van der Waals surface area contributed by atoms with Gasteiger partial charge in [-0.2, -0.15) is 0 Å². The van der Waals surface area contributed by atoms with Crippen LogP contribution in [0.15, 0.2) is 97.1 Å². The quantitative estimate of drug-likeness (QED) is 0.0333. The van der Waals surface area contributed by atoms with Crippen molar-refractivity contribution in [2.75, 3.05) is 24.3 Å². The maximum Gasteiger partial charge on any atom is 0.407 e. The lowest BCUT2D eigenvalue weighted by Gasteiger charge is -2.24. The molecule has 0 saturated heterocycles. The summed E-state index contributed by atoms with van der Waals surface area (Å²) in [6.45, 7) is 20.6. The largest absolute Gasteiger partial charge is 0.493 e. The van der Waals surface area contributed by atoms with E-state index in [2.05, 4.69) is 43.6 Å². The molecular formula is C60H82N4O13. The molecule has 77 heavy (non-hydrogen) atoms. The lowest BCUT2D eigenvalue weighted by Crippen LogP contribution is -2.44. The fourth-order valence-corrected chi connectivity index (χ4v) is 8.16. The number of benzene rings is 4. The second kappa shape index (κ2) is 30.4. The fourth-order valence-electron chi connectivity index (χ4n) is 8.16. The average molecular weight is 1070 g/mol. The standard InChI is InChI=1S/C30H40N2O6.C19H23NO3.C11H19NO4/c1-20(2)14-15-36-24-17-22(28(34)37-19-21-10-7-6-8-11-21)16-23(18-24)31-27(33)25-12-9-13-26(25)32-29(35)38-30(3,4)5;1-14(2)8-9-22-18-11-16(10-17(20)12-18)19(21)23-13-15-6-4-3-5-7-15;1-11(2,3)16-10(15)12-8-6-4-5-7(8)9(13)14/h6-8,10-11,16-18,20,25-26H,9,12-15,19H2,1-5H3,(H,31,33)(H,32,35);3-7,10-12,14H,8-9,13,20H2,1-2H3;7-8H,4-6H2,1-3H3,(H,12,15)(H,13,14). The number of carboxylic acids is 1. The number of ether oxygens (including phenoxy) is 6. The number of amides is 3. The average Bonchev–Trinajstić information content (AvgIpc) is 4.02. The highest BCUT2D eigenvalue weighted by molar-refractivity contribution is 5.97. The molecule has 6 N–H and O–H groups in total. The number of esters is 2. The number of anilines is 2. The second-order valence-electron chi connectivity index (χ2n) is 22.1. The van der Waals surface area contributed by atoms with E-state index in [-0.39, 0.29) is 36.8 Å². The summed E-state index contributed by atoms with van der Waals surface area (Å²) < 4.78 is 32.8. The third-order valence-electron chi connectivity index (χ3n) is 12.0. The number of alkyl carbamates (subject to hydrolysis) is 2. The zero-order chi connectivity index (χ0) is 56.7. The van der Waals surface area contributed by atoms with Gasteiger partial charge in [-0.3, -0.25) is 9.59 Å². The van der Waals surface area contributed by atoms with E-state index < -0.39 is 53.1 Å². The van der Waals surface area contributed by atoms with Crippen LogP contribution in [0.2, 0.25) is 0 Å². The van der Waals surface area contributed by atoms with Crippen LogP contribution in [-0.2, 0) is 41.8 Å². The van der Waals surface area contributed by atoms with Gasteiger partial charge in [0, 0.05) is 35.6 Å². The summed E-state index contributed by atoms with van der Waals surface area (Å²) in [6.07, 6.45) is 5.02. The van der Waals surface area contributed by atoms with Crippen molar-refractivity contribution in [2.24, 2.45) is 23.7 Å². The SMILES string of the molecule is CC(C)(C)OC(=O)NC1CCCC1C(=O)O.CC(C)CCOc1cc(N)cc(C(=O)OCc2ccccc2)c1.CC(C)CCOc1cc(NC(=O)C2CCCC2NC(=O)OC(C)(C)C)cc(C(=O)OCc2ccccc2)c1. The Morgan fingerprint density at radius 3 is 1.45 bits per heavy atom. The van der Waals surface area contributed by atoms with Crippen molar-refractivity contribution in [3.8, 4) is 11.5 Å². The van der Waals surface area contributed by atoms with Crippen LogP contribution in [0.4, 0.5) is 21.0 Å². The maximum atomic E-state index is 13.2. The van der Waals surface area contributed by atoms with Crippen molar-refractivity contribution in [1.29, 1.82) is 0 Å². The van der Waals surface area contributed by atoms with Crippen molar-refractivity contribution in [3.63, 3.8) is 0 Å². The number of hydrogen-bond donors (Lipinski definition) is 5. The van der Waals surface area contributed by atoms with Gasteiger partial charge in [-0.15, -0.1) is 0 Å². The topological polar surface area (TPSA) is 240 Å². The molecule has 4 aromatic rings. The monoisotopic (exact) mass is 1070 g/mol. The lowest BCUT2D eigenvalue weighted by molar-refractivity contribution is -0.142. The van der Waals surface area contributed by atoms with Crippen LogP contribution in [0, 0.1) is 23.7 Å². The number of carboxylic acid groups (broad SMARTS) is 1. The summed E-state index contributed by atoms with van der Waals surface area (Å²) >= 11 is 0.